The molecule has 1 aliphatic rings. The largest absolute Gasteiger partial charge is 0.462 e. The van der Waals surface area contributed by atoms with Gasteiger partial charge in [0.15, 0.2) is 0 Å². The zero-order valence-electron chi connectivity index (χ0n) is 18.4. The molecule has 170 valence electrons. The summed E-state index contributed by atoms with van der Waals surface area (Å²) in [7, 11) is -3.67. The van der Waals surface area contributed by atoms with Crippen molar-refractivity contribution < 1.29 is 22.7 Å². The Morgan fingerprint density at radius 2 is 1.64 bits per heavy atom. The van der Waals surface area contributed by atoms with Gasteiger partial charge in [-0.1, -0.05) is 17.7 Å². The van der Waals surface area contributed by atoms with Crippen molar-refractivity contribution in [3.8, 4) is 0 Å². The highest BCUT2D eigenvalue weighted by molar-refractivity contribution is 7.92. The highest BCUT2D eigenvalue weighted by Crippen LogP contribution is 2.33. The number of nitrogens with one attached hydrogen (secondary N) is 1. The Balaban J connectivity index is 1.50. The third kappa shape index (κ3) is 4.61. The number of carbonyl (C=O) groups is 2. The fraction of sp³-hybridized carbons (Fsp3) is 0.200. The van der Waals surface area contributed by atoms with Gasteiger partial charge in [0.1, 0.15) is 0 Å². The highest BCUT2D eigenvalue weighted by atomic mass is 32.2. The number of carbonyl (C=O) groups excluding carboxylic acids is 2. The van der Waals surface area contributed by atoms with Crippen LogP contribution in [-0.2, 0) is 21.2 Å². The van der Waals surface area contributed by atoms with Crippen LogP contribution in [0.1, 0.15) is 38.8 Å². The van der Waals surface area contributed by atoms with Gasteiger partial charge in [0.05, 0.1) is 22.8 Å². The molecule has 1 aliphatic heterocycles. The first-order valence-electron chi connectivity index (χ1n) is 10.6. The Bertz CT molecular complexity index is 1300. The minimum atomic E-state index is -3.67. The molecule has 0 saturated heterocycles. The molecule has 0 bridgehead atoms. The number of rotatable bonds is 6. The first-order chi connectivity index (χ1) is 15.8. The van der Waals surface area contributed by atoms with E-state index in [2.05, 4.69) is 5.32 Å². The maximum absolute atomic E-state index is 13.1. The zero-order valence-corrected chi connectivity index (χ0v) is 19.2. The lowest BCUT2D eigenvalue weighted by Crippen LogP contribution is -2.29. The lowest BCUT2D eigenvalue weighted by molar-refractivity contribution is 0.0526. The molecule has 0 unspecified atom stereocenters. The number of hydrogen-bond acceptors (Lipinski definition) is 5. The van der Waals surface area contributed by atoms with Gasteiger partial charge >= 0.3 is 5.97 Å². The van der Waals surface area contributed by atoms with Crippen LogP contribution in [0, 0.1) is 6.92 Å². The van der Waals surface area contributed by atoms with E-state index in [1.54, 1.807) is 73.7 Å². The fourth-order valence-electron chi connectivity index (χ4n) is 3.71. The van der Waals surface area contributed by atoms with Gasteiger partial charge in [0.2, 0.25) is 0 Å². The lowest BCUT2D eigenvalue weighted by Gasteiger charge is -2.20. The van der Waals surface area contributed by atoms with E-state index in [0.29, 0.717) is 42.1 Å². The molecule has 4 rings (SSSR count). The summed E-state index contributed by atoms with van der Waals surface area (Å²) in [5.74, 6) is -0.735. The monoisotopic (exact) mass is 464 g/mol. The van der Waals surface area contributed by atoms with Crippen LogP contribution >= 0.6 is 0 Å². The van der Waals surface area contributed by atoms with E-state index in [9.17, 15) is 18.0 Å². The van der Waals surface area contributed by atoms with Crippen molar-refractivity contribution in [2.45, 2.75) is 25.2 Å². The van der Waals surface area contributed by atoms with Crippen LogP contribution in [-0.4, -0.2) is 33.4 Å². The Labute approximate surface area is 193 Å². The first-order valence-corrected chi connectivity index (χ1v) is 12.0. The van der Waals surface area contributed by atoms with Gasteiger partial charge in [-0.25, -0.2) is 13.2 Å². The van der Waals surface area contributed by atoms with E-state index < -0.39 is 16.0 Å². The molecule has 0 atom stereocenters. The van der Waals surface area contributed by atoms with Crippen molar-refractivity contribution in [1.82, 2.24) is 0 Å². The molecule has 0 aromatic heterocycles. The molecule has 0 fully saturated rings. The maximum atomic E-state index is 13.1. The van der Waals surface area contributed by atoms with E-state index in [1.165, 1.54) is 4.31 Å². The second-order valence-corrected chi connectivity index (χ2v) is 9.60. The van der Waals surface area contributed by atoms with Crippen LogP contribution in [0.25, 0.3) is 0 Å². The summed E-state index contributed by atoms with van der Waals surface area (Å²) in [6.45, 7) is 4.26. The third-order valence-electron chi connectivity index (χ3n) is 5.46. The van der Waals surface area contributed by atoms with Gasteiger partial charge in [-0.05, 0) is 80.4 Å². The molecule has 7 nitrogen and oxygen atoms in total. The van der Waals surface area contributed by atoms with Gasteiger partial charge < -0.3 is 10.1 Å². The van der Waals surface area contributed by atoms with Gasteiger partial charge in [0.25, 0.3) is 15.9 Å². The predicted molar refractivity (Wildman–Crippen MR) is 126 cm³/mol. The number of anilines is 2. The van der Waals surface area contributed by atoms with Crippen molar-refractivity contribution in [3.05, 3.63) is 89.0 Å². The summed E-state index contributed by atoms with van der Waals surface area (Å²) in [6.07, 6.45) is 0.524. The molecule has 1 amide bonds. The summed E-state index contributed by atoms with van der Waals surface area (Å²) >= 11 is 0. The third-order valence-corrected chi connectivity index (χ3v) is 7.28. The molecular formula is C25H24N2O5S. The van der Waals surface area contributed by atoms with Crippen LogP contribution in [0.3, 0.4) is 0 Å². The van der Waals surface area contributed by atoms with Crippen molar-refractivity contribution in [3.63, 3.8) is 0 Å². The summed E-state index contributed by atoms with van der Waals surface area (Å²) in [5.41, 5.74) is 3.75. The van der Waals surface area contributed by atoms with Crippen LogP contribution in [0.4, 0.5) is 11.4 Å². The molecule has 3 aromatic carbocycles. The van der Waals surface area contributed by atoms with Gasteiger partial charge in [-0.2, -0.15) is 0 Å². The van der Waals surface area contributed by atoms with Gasteiger partial charge in [-0.15, -0.1) is 0 Å². The molecule has 1 heterocycles. The second kappa shape index (κ2) is 9.07. The minimum absolute atomic E-state index is 0.244. The Morgan fingerprint density at radius 1 is 0.970 bits per heavy atom. The average Bonchev–Trinajstić information content (AvgIpc) is 3.24. The SMILES string of the molecule is CCOC(=O)c1ccc(NC(=O)c2ccc3c(c2)CCN3S(=O)(=O)c2ccc(C)cc2)cc1. The summed E-state index contributed by atoms with van der Waals surface area (Å²) in [5, 5.41) is 2.80. The molecular weight excluding hydrogens is 440 g/mol. The number of fused-ring (bicyclic) bond motifs is 1. The van der Waals surface area contributed by atoms with Crippen LogP contribution in [0.15, 0.2) is 71.6 Å². The van der Waals surface area contributed by atoms with E-state index in [1.807, 2.05) is 6.92 Å². The molecule has 0 saturated carbocycles. The standard InChI is InChI=1S/C25H24N2O5S/c1-3-32-25(29)18-6-9-21(10-7-18)26-24(28)20-8-13-23-19(16-20)14-15-27(23)33(30,31)22-11-4-17(2)5-12-22/h4-13,16H,3,14-15H2,1-2H3,(H,26,28). The Hall–Kier alpha value is -3.65. The summed E-state index contributed by atoms with van der Waals surface area (Å²) < 4.78 is 32.5. The van der Waals surface area contributed by atoms with Crippen molar-refractivity contribution in [1.29, 1.82) is 0 Å². The van der Waals surface area contributed by atoms with E-state index >= 15 is 0 Å². The summed E-state index contributed by atoms with van der Waals surface area (Å²) in [4.78, 5) is 24.7. The molecule has 33 heavy (non-hydrogen) atoms. The van der Waals surface area contributed by atoms with Crippen molar-refractivity contribution in [2.24, 2.45) is 0 Å². The smallest absolute Gasteiger partial charge is 0.338 e. The first kappa shape index (κ1) is 22.5. The topological polar surface area (TPSA) is 92.8 Å². The Kier molecular flexibility index (Phi) is 6.20. The van der Waals surface area contributed by atoms with E-state index in [0.717, 1.165) is 11.1 Å². The average molecular weight is 465 g/mol. The number of amides is 1. The van der Waals surface area contributed by atoms with Gasteiger partial charge in [-0.3, -0.25) is 9.10 Å². The number of nitrogens with zero attached hydrogens (tertiary/aromatic N) is 1. The zero-order chi connectivity index (χ0) is 23.6. The van der Waals surface area contributed by atoms with Crippen molar-refractivity contribution >= 4 is 33.3 Å². The van der Waals surface area contributed by atoms with Crippen LogP contribution in [0.2, 0.25) is 0 Å². The van der Waals surface area contributed by atoms with Gasteiger partial charge in [0, 0.05) is 17.8 Å². The Morgan fingerprint density at radius 3 is 2.30 bits per heavy atom. The summed E-state index contributed by atoms with van der Waals surface area (Å²) in [6, 6.07) is 18.2. The maximum Gasteiger partial charge on any atom is 0.338 e. The fourth-order valence-corrected chi connectivity index (χ4v) is 5.21. The predicted octanol–water partition coefficient (Wildman–Crippen LogP) is 4.18. The number of aryl methyl sites for hydroxylation is 1. The molecule has 8 heteroatoms. The number of sulfonamides is 1. The van der Waals surface area contributed by atoms with Crippen LogP contribution in [0.5, 0.6) is 0 Å². The second-order valence-electron chi connectivity index (χ2n) is 7.74. The molecule has 3 aromatic rings. The number of benzene rings is 3. The normalized spacial score (nSPS) is 12.8. The van der Waals surface area contributed by atoms with Crippen LogP contribution < -0.4 is 9.62 Å². The number of hydrogen-bond donors (Lipinski definition) is 1. The lowest BCUT2D eigenvalue weighted by atomic mass is 10.1. The number of esters is 1. The minimum Gasteiger partial charge on any atom is -0.462 e. The molecule has 0 spiro atoms. The number of ether oxygens (including phenoxy) is 1. The van der Waals surface area contributed by atoms with E-state index in [4.69, 9.17) is 4.74 Å². The van der Waals surface area contributed by atoms with E-state index in [-0.39, 0.29) is 10.8 Å². The molecule has 0 radical (unpaired) electrons. The molecule has 1 N–H and O–H groups in total. The van der Waals surface area contributed by atoms with Crippen molar-refractivity contribution in [2.75, 3.05) is 22.8 Å². The highest BCUT2D eigenvalue weighted by Gasteiger charge is 2.31. The molecule has 0 aliphatic carbocycles. The quantitative estimate of drug-likeness (QED) is 0.553.